The minimum atomic E-state index is -3.16. The maximum absolute atomic E-state index is 10.9. The van der Waals surface area contributed by atoms with Crippen molar-refractivity contribution in [2.24, 2.45) is 0 Å². The molecule has 0 fully saturated rings. The lowest BCUT2D eigenvalue weighted by Gasteiger charge is -2.21. The van der Waals surface area contributed by atoms with Gasteiger partial charge in [0.25, 0.3) is 0 Å². The van der Waals surface area contributed by atoms with Gasteiger partial charge in [-0.05, 0) is 12.1 Å². The lowest BCUT2D eigenvalue weighted by Crippen LogP contribution is -2.59. The summed E-state index contributed by atoms with van der Waals surface area (Å²) in [5.41, 5.74) is -3.16. The van der Waals surface area contributed by atoms with Crippen molar-refractivity contribution < 1.29 is 29.7 Å². The van der Waals surface area contributed by atoms with Crippen LogP contribution >= 0.6 is 0 Å². The number of carboxylic acid groups (broad SMARTS) is 3. The van der Waals surface area contributed by atoms with E-state index in [-0.39, 0.29) is 5.82 Å². The van der Waals surface area contributed by atoms with E-state index in [1.54, 1.807) is 0 Å². The Bertz CT molecular complexity index is 422. The molecule has 0 radical (unpaired) electrons. The van der Waals surface area contributed by atoms with E-state index in [1.165, 1.54) is 24.4 Å². The number of rotatable bonds is 5. The van der Waals surface area contributed by atoms with Crippen LogP contribution in [-0.2, 0) is 14.4 Å². The molecule has 0 aliphatic heterocycles. The number of nitrogens with zero attached hydrogens (tertiary/aromatic N) is 1. The van der Waals surface area contributed by atoms with Crippen LogP contribution < -0.4 is 5.32 Å². The van der Waals surface area contributed by atoms with Gasteiger partial charge in [-0.15, -0.1) is 0 Å². The number of hydrogen-bond acceptors (Lipinski definition) is 5. The van der Waals surface area contributed by atoms with E-state index in [0.29, 0.717) is 0 Å². The Labute approximate surface area is 94.5 Å². The largest absolute Gasteiger partial charge is 0.479 e. The standard InChI is InChI=1S/C9H8N2O6/c12-6(13)9(7(14)15,8(16)17)11-5-3-1-2-4-10-5/h1-4H,(H,10,11)(H,12,13)(H,14,15)(H,16,17). The van der Waals surface area contributed by atoms with Gasteiger partial charge in [0.1, 0.15) is 5.82 Å². The molecule has 4 N–H and O–H groups in total. The molecular formula is C9H8N2O6. The molecule has 90 valence electrons. The summed E-state index contributed by atoms with van der Waals surface area (Å²) in [6.45, 7) is 0. The molecule has 0 aliphatic rings. The number of aliphatic carboxylic acids is 3. The Morgan fingerprint density at radius 2 is 1.59 bits per heavy atom. The molecule has 0 saturated heterocycles. The summed E-state index contributed by atoms with van der Waals surface area (Å²) in [7, 11) is 0. The van der Waals surface area contributed by atoms with Gasteiger partial charge in [0.05, 0.1) is 0 Å². The minimum absolute atomic E-state index is 0.167. The van der Waals surface area contributed by atoms with Crippen LogP contribution in [0.15, 0.2) is 24.4 Å². The molecule has 0 spiro atoms. The fourth-order valence-electron chi connectivity index (χ4n) is 1.06. The monoisotopic (exact) mass is 240 g/mol. The smallest absolute Gasteiger partial charge is 0.353 e. The molecule has 8 nitrogen and oxygen atoms in total. The molecule has 1 aromatic heterocycles. The first kappa shape index (κ1) is 12.4. The zero-order valence-corrected chi connectivity index (χ0v) is 8.32. The minimum Gasteiger partial charge on any atom is -0.479 e. The Morgan fingerprint density at radius 1 is 1.06 bits per heavy atom. The summed E-state index contributed by atoms with van der Waals surface area (Å²) in [6.07, 6.45) is 1.26. The van der Waals surface area contributed by atoms with Gasteiger partial charge in [-0.3, -0.25) is 0 Å². The summed E-state index contributed by atoms with van der Waals surface area (Å²) in [5, 5.41) is 28.2. The Balaban J connectivity index is 3.21. The van der Waals surface area contributed by atoms with E-state index in [1.807, 2.05) is 5.32 Å². The predicted octanol–water partition coefficient (Wildman–Crippen LogP) is -0.514. The van der Waals surface area contributed by atoms with Gasteiger partial charge in [0.15, 0.2) is 0 Å². The summed E-state index contributed by atoms with van der Waals surface area (Å²) >= 11 is 0. The molecule has 0 aromatic carbocycles. The number of pyridine rings is 1. The van der Waals surface area contributed by atoms with Gasteiger partial charge in [0.2, 0.25) is 0 Å². The van der Waals surface area contributed by atoms with Gasteiger partial charge in [-0.1, -0.05) is 6.07 Å². The van der Waals surface area contributed by atoms with Crippen LogP contribution in [-0.4, -0.2) is 43.8 Å². The first-order chi connectivity index (χ1) is 7.91. The molecule has 17 heavy (non-hydrogen) atoms. The molecule has 1 rings (SSSR count). The Kier molecular flexibility index (Phi) is 3.27. The van der Waals surface area contributed by atoms with Crippen molar-refractivity contribution in [1.29, 1.82) is 0 Å². The van der Waals surface area contributed by atoms with E-state index in [2.05, 4.69) is 4.98 Å². The Hall–Kier alpha value is -2.64. The molecule has 0 atom stereocenters. The van der Waals surface area contributed by atoms with E-state index in [0.717, 1.165) is 0 Å². The summed E-state index contributed by atoms with van der Waals surface area (Å²) in [4.78, 5) is 36.2. The van der Waals surface area contributed by atoms with Crippen LogP contribution in [0, 0.1) is 0 Å². The molecule has 8 heteroatoms. The molecule has 0 amide bonds. The first-order valence-corrected chi connectivity index (χ1v) is 4.30. The first-order valence-electron chi connectivity index (χ1n) is 4.30. The van der Waals surface area contributed by atoms with Crippen molar-refractivity contribution in [3.05, 3.63) is 24.4 Å². The number of carboxylic acids is 3. The van der Waals surface area contributed by atoms with Gasteiger partial charge in [-0.25, -0.2) is 19.4 Å². The van der Waals surface area contributed by atoms with Gasteiger partial charge >= 0.3 is 23.4 Å². The van der Waals surface area contributed by atoms with Crippen LogP contribution in [0.25, 0.3) is 0 Å². The van der Waals surface area contributed by atoms with Crippen LogP contribution in [0.1, 0.15) is 0 Å². The zero-order chi connectivity index (χ0) is 13.1. The third-order valence-corrected chi connectivity index (χ3v) is 1.94. The van der Waals surface area contributed by atoms with Gasteiger partial charge in [-0.2, -0.15) is 0 Å². The molecule has 0 bridgehead atoms. The fourth-order valence-corrected chi connectivity index (χ4v) is 1.06. The van der Waals surface area contributed by atoms with Crippen LogP contribution in [0.5, 0.6) is 0 Å². The highest BCUT2D eigenvalue weighted by Gasteiger charge is 2.55. The normalized spacial score (nSPS) is 10.6. The van der Waals surface area contributed by atoms with Crippen molar-refractivity contribution in [2.75, 3.05) is 5.32 Å². The number of anilines is 1. The quantitative estimate of drug-likeness (QED) is 0.505. The number of carbonyl (C=O) groups is 3. The highest BCUT2D eigenvalue weighted by Crippen LogP contribution is 2.15. The van der Waals surface area contributed by atoms with Crippen molar-refractivity contribution in [3.63, 3.8) is 0 Å². The fraction of sp³-hybridized carbons (Fsp3) is 0.111. The molecule has 0 unspecified atom stereocenters. The average Bonchev–Trinajstić information content (AvgIpc) is 2.25. The van der Waals surface area contributed by atoms with E-state index < -0.39 is 23.4 Å². The third-order valence-electron chi connectivity index (χ3n) is 1.94. The number of nitrogens with one attached hydrogen (secondary N) is 1. The van der Waals surface area contributed by atoms with Crippen molar-refractivity contribution in [2.45, 2.75) is 5.54 Å². The van der Waals surface area contributed by atoms with Crippen molar-refractivity contribution in [1.82, 2.24) is 4.98 Å². The average molecular weight is 240 g/mol. The Morgan fingerprint density at radius 3 is 1.94 bits per heavy atom. The van der Waals surface area contributed by atoms with Crippen molar-refractivity contribution in [3.8, 4) is 0 Å². The molecular weight excluding hydrogens is 232 g/mol. The van der Waals surface area contributed by atoms with E-state index in [9.17, 15) is 14.4 Å². The highest BCUT2D eigenvalue weighted by atomic mass is 16.4. The highest BCUT2D eigenvalue weighted by molar-refractivity contribution is 6.24. The third kappa shape index (κ3) is 2.14. The van der Waals surface area contributed by atoms with Crippen molar-refractivity contribution >= 4 is 23.7 Å². The predicted molar refractivity (Wildman–Crippen MR) is 53.5 cm³/mol. The maximum atomic E-state index is 10.9. The van der Waals surface area contributed by atoms with E-state index >= 15 is 0 Å². The second-order valence-corrected chi connectivity index (χ2v) is 3.01. The molecule has 0 saturated carbocycles. The van der Waals surface area contributed by atoms with E-state index in [4.69, 9.17) is 15.3 Å². The number of hydrogen-bond donors (Lipinski definition) is 4. The van der Waals surface area contributed by atoms with Crippen LogP contribution in [0.4, 0.5) is 5.82 Å². The summed E-state index contributed by atoms with van der Waals surface area (Å²) in [5.74, 6) is -6.28. The topological polar surface area (TPSA) is 137 Å². The number of aromatic nitrogens is 1. The van der Waals surface area contributed by atoms with Crippen LogP contribution in [0.2, 0.25) is 0 Å². The molecule has 1 aromatic rings. The second kappa shape index (κ2) is 4.47. The lowest BCUT2D eigenvalue weighted by atomic mass is 10.0. The van der Waals surface area contributed by atoms with Crippen LogP contribution in [0.3, 0.4) is 0 Å². The maximum Gasteiger partial charge on any atom is 0.353 e. The SMILES string of the molecule is O=C(O)C(Nc1ccccn1)(C(=O)O)C(=O)O. The van der Waals surface area contributed by atoms with Gasteiger partial charge in [0, 0.05) is 6.20 Å². The molecule has 0 aliphatic carbocycles. The summed E-state index contributed by atoms with van der Waals surface area (Å²) < 4.78 is 0. The van der Waals surface area contributed by atoms with Gasteiger partial charge < -0.3 is 20.6 Å². The lowest BCUT2D eigenvalue weighted by molar-refractivity contribution is -0.165. The molecule has 1 heterocycles. The second-order valence-electron chi connectivity index (χ2n) is 3.01. The summed E-state index contributed by atoms with van der Waals surface area (Å²) in [6, 6.07) is 4.21. The zero-order valence-electron chi connectivity index (χ0n) is 8.32.